The van der Waals surface area contributed by atoms with Crippen LogP contribution in [0.1, 0.15) is 25.1 Å². The number of ether oxygens (including phenoxy) is 2. The van der Waals surface area contributed by atoms with E-state index < -0.39 is 0 Å². The van der Waals surface area contributed by atoms with E-state index >= 15 is 0 Å². The van der Waals surface area contributed by atoms with E-state index in [1.54, 1.807) is 0 Å². The van der Waals surface area contributed by atoms with Crippen molar-refractivity contribution in [2.24, 2.45) is 0 Å². The first kappa shape index (κ1) is 15.9. The topological polar surface area (TPSA) is 77.8 Å². The number of hydrogen-bond acceptors (Lipinski definition) is 5. The van der Waals surface area contributed by atoms with Crippen LogP contribution in [-0.4, -0.2) is 53.0 Å². The van der Waals surface area contributed by atoms with Crippen LogP contribution in [0.3, 0.4) is 0 Å². The summed E-state index contributed by atoms with van der Waals surface area (Å²) in [4.78, 5) is 11.7. The van der Waals surface area contributed by atoms with E-state index in [0.29, 0.717) is 13.2 Å². The number of hydrogen-bond donors (Lipinski definition) is 1. The van der Waals surface area contributed by atoms with Crippen LogP contribution in [0, 0.1) is 0 Å². The third-order valence-corrected chi connectivity index (χ3v) is 3.84. The molecular weight excluding hydrogens is 296 g/mol. The summed E-state index contributed by atoms with van der Waals surface area (Å²) in [5.41, 5.74) is 0.842. The lowest BCUT2D eigenvalue weighted by Gasteiger charge is -2.10. The minimum atomic E-state index is -0.0888. The number of rotatable bonds is 8. The van der Waals surface area contributed by atoms with E-state index in [1.165, 1.54) is 0 Å². The fourth-order valence-corrected chi connectivity index (χ4v) is 2.65. The lowest BCUT2D eigenvalue weighted by Crippen LogP contribution is -2.30. The average molecular weight is 318 g/mol. The molecule has 1 aliphatic heterocycles. The lowest BCUT2D eigenvalue weighted by atomic mass is 10.2. The Kier molecular flexibility index (Phi) is 5.55. The van der Waals surface area contributed by atoms with Gasteiger partial charge in [0.1, 0.15) is 12.4 Å². The molecule has 7 nitrogen and oxygen atoms in total. The molecule has 0 saturated carbocycles. The standard InChI is InChI=1S/C16H22N4O3/c21-16(12-22-11-13-5-4-10-23-13)17-8-3-7-15-19-18-14-6-1-2-9-20(14)15/h1-2,6,9,13H,3-5,7-8,10-12H2,(H,17,21)/t13-/m0/s1. The molecule has 0 unspecified atom stereocenters. The first-order valence-corrected chi connectivity index (χ1v) is 8.07. The molecule has 0 radical (unpaired) electrons. The first-order valence-electron chi connectivity index (χ1n) is 8.07. The van der Waals surface area contributed by atoms with Gasteiger partial charge in [-0.25, -0.2) is 0 Å². The summed E-state index contributed by atoms with van der Waals surface area (Å²) in [6.07, 6.45) is 5.78. The average Bonchev–Trinajstić information content (AvgIpc) is 3.21. The number of nitrogens with one attached hydrogen (secondary N) is 1. The van der Waals surface area contributed by atoms with Crippen molar-refractivity contribution in [2.45, 2.75) is 31.8 Å². The van der Waals surface area contributed by atoms with Crippen molar-refractivity contribution in [3.63, 3.8) is 0 Å². The second kappa shape index (κ2) is 8.03. The molecule has 1 fully saturated rings. The van der Waals surface area contributed by atoms with Gasteiger partial charge >= 0.3 is 0 Å². The van der Waals surface area contributed by atoms with E-state index in [0.717, 1.165) is 43.8 Å². The van der Waals surface area contributed by atoms with Gasteiger partial charge < -0.3 is 14.8 Å². The molecule has 1 atom stereocenters. The van der Waals surface area contributed by atoms with Crippen molar-refractivity contribution in [2.75, 3.05) is 26.4 Å². The molecule has 3 rings (SSSR count). The van der Waals surface area contributed by atoms with Gasteiger partial charge in [0.25, 0.3) is 0 Å². The highest BCUT2D eigenvalue weighted by molar-refractivity contribution is 5.77. The minimum Gasteiger partial charge on any atom is -0.376 e. The zero-order chi connectivity index (χ0) is 15.9. The summed E-state index contributed by atoms with van der Waals surface area (Å²) >= 11 is 0. The SMILES string of the molecule is O=C(COC[C@@H]1CCCO1)NCCCc1nnc2ccccn12. The molecule has 0 spiro atoms. The second-order valence-electron chi connectivity index (χ2n) is 5.65. The van der Waals surface area contributed by atoms with Crippen molar-refractivity contribution in [1.82, 2.24) is 19.9 Å². The Balaban J connectivity index is 1.31. The predicted octanol–water partition coefficient (Wildman–Crippen LogP) is 0.974. The zero-order valence-corrected chi connectivity index (χ0v) is 13.1. The molecule has 23 heavy (non-hydrogen) atoms. The van der Waals surface area contributed by atoms with Crippen LogP contribution in [0.2, 0.25) is 0 Å². The van der Waals surface area contributed by atoms with Crippen LogP contribution in [-0.2, 0) is 20.7 Å². The maximum atomic E-state index is 11.7. The normalized spacial score (nSPS) is 17.7. The van der Waals surface area contributed by atoms with Crippen LogP contribution in [0.4, 0.5) is 0 Å². The molecule has 0 bridgehead atoms. The van der Waals surface area contributed by atoms with Crippen molar-refractivity contribution < 1.29 is 14.3 Å². The van der Waals surface area contributed by atoms with E-state index in [-0.39, 0.29) is 18.6 Å². The third kappa shape index (κ3) is 4.49. The summed E-state index contributed by atoms with van der Waals surface area (Å²) in [6.45, 7) is 1.99. The lowest BCUT2D eigenvalue weighted by molar-refractivity contribution is -0.126. The Hall–Kier alpha value is -1.99. The fourth-order valence-electron chi connectivity index (χ4n) is 2.65. The van der Waals surface area contributed by atoms with Crippen LogP contribution >= 0.6 is 0 Å². The van der Waals surface area contributed by atoms with Gasteiger partial charge in [-0.2, -0.15) is 0 Å². The predicted molar refractivity (Wildman–Crippen MR) is 84.1 cm³/mol. The molecular formula is C16H22N4O3. The summed E-state index contributed by atoms with van der Waals surface area (Å²) < 4.78 is 12.8. The molecule has 7 heteroatoms. The largest absolute Gasteiger partial charge is 0.376 e. The van der Waals surface area contributed by atoms with Gasteiger partial charge in [-0.1, -0.05) is 6.07 Å². The maximum Gasteiger partial charge on any atom is 0.245 e. The van der Waals surface area contributed by atoms with Crippen molar-refractivity contribution in [3.05, 3.63) is 30.2 Å². The monoisotopic (exact) mass is 318 g/mol. The zero-order valence-electron chi connectivity index (χ0n) is 13.1. The fraction of sp³-hybridized carbons (Fsp3) is 0.562. The summed E-state index contributed by atoms with van der Waals surface area (Å²) in [7, 11) is 0. The molecule has 1 amide bonds. The molecule has 124 valence electrons. The molecule has 3 heterocycles. The van der Waals surface area contributed by atoms with E-state index in [1.807, 2.05) is 28.8 Å². The molecule has 1 saturated heterocycles. The van der Waals surface area contributed by atoms with E-state index in [2.05, 4.69) is 15.5 Å². The van der Waals surface area contributed by atoms with E-state index in [4.69, 9.17) is 9.47 Å². The van der Waals surface area contributed by atoms with Crippen LogP contribution < -0.4 is 5.32 Å². The van der Waals surface area contributed by atoms with Crippen molar-refractivity contribution in [3.8, 4) is 0 Å². The molecule has 0 aliphatic carbocycles. The Morgan fingerprint density at radius 2 is 2.39 bits per heavy atom. The highest BCUT2D eigenvalue weighted by Gasteiger charge is 2.15. The number of carbonyl (C=O) groups is 1. The van der Waals surface area contributed by atoms with Gasteiger partial charge in [-0.15, -0.1) is 10.2 Å². The van der Waals surface area contributed by atoms with Gasteiger partial charge in [-0.3, -0.25) is 9.20 Å². The Labute approximate surface area is 135 Å². The van der Waals surface area contributed by atoms with Gasteiger partial charge in [0, 0.05) is 25.8 Å². The first-order chi connectivity index (χ1) is 11.3. The molecule has 2 aromatic heterocycles. The van der Waals surface area contributed by atoms with Crippen LogP contribution in [0.15, 0.2) is 24.4 Å². The molecule has 1 N–H and O–H groups in total. The highest BCUT2D eigenvalue weighted by Crippen LogP contribution is 2.11. The Morgan fingerprint density at radius 1 is 1.43 bits per heavy atom. The van der Waals surface area contributed by atoms with Gasteiger partial charge in [0.2, 0.25) is 5.91 Å². The van der Waals surface area contributed by atoms with Crippen molar-refractivity contribution >= 4 is 11.6 Å². The number of pyridine rings is 1. The summed E-state index contributed by atoms with van der Waals surface area (Å²) in [5.74, 6) is 0.818. The van der Waals surface area contributed by atoms with Gasteiger partial charge in [-0.05, 0) is 31.4 Å². The number of aromatic nitrogens is 3. The molecule has 0 aromatic carbocycles. The Bertz CT molecular complexity index is 637. The summed E-state index contributed by atoms with van der Waals surface area (Å²) in [5, 5.41) is 11.1. The number of aryl methyl sites for hydroxylation is 1. The van der Waals surface area contributed by atoms with Crippen LogP contribution in [0.5, 0.6) is 0 Å². The highest BCUT2D eigenvalue weighted by atomic mass is 16.5. The minimum absolute atomic E-state index is 0.0888. The third-order valence-electron chi connectivity index (χ3n) is 3.84. The molecule has 2 aromatic rings. The Morgan fingerprint density at radius 3 is 3.26 bits per heavy atom. The van der Waals surface area contributed by atoms with Gasteiger partial charge in [0.15, 0.2) is 5.65 Å². The number of amides is 1. The van der Waals surface area contributed by atoms with Gasteiger partial charge in [0.05, 0.1) is 12.7 Å². The second-order valence-corrected chi connectivity index (χ2v) is 5.65. The van der Waals surface area contributed by atoms with E-state index in [9.17, 15) is 4.79 Å². The maximum absolute atomic E-state index is 11.7. The van der Waals surface area contributed by atoms with Crippen molar-refractivity contribution in [1.29, 1.82) is 0 Å². The number of fused-ring (bicyclic) bond motifs is 1. The smallest absolute Gasteiger partial charge is 0.245 e. The van der Waals surface area contributed by atoms with Crippen LogP contribution in [0.25, 0.3) is 5.65 Å². The molecule has 1 aliphatic rings. The number of carbonyl (C=O) groups excluding carboxylic acids is 1. The quantitative estimate of drug-likeness (QED) is 0.734. The number of nitrogens with zero attached hydrogens (tertiary/aromatic N) is 3. The summed E-state index contributed by atoms with van der Waals surface area (Å²) in [6, 6.07) is 5.81.